The number of hydrogen-bond acceptors (Lipinski definition) is 3. The monoisotopic (exact) mass is 252 g/mol. The van der Waals surface area contributed by atoms with Gasteiger partial charge in [0, 0.05) is 24.0 Å². The minimum atomic E-state index is 0.438. The van der Waals surface area contributed by atoms with Crippen LogP contribution in [-0.4, -0.2) is 31.1 Å². The molecule has 0 bridgehead atoms. The maximum Gasteiger partial charge on any atom is 0.00793 e. The van der Waals surface area contributed by atoms with Gasteiger partial charge in [-0.25, -0.2) is 0 Å². The van der Waals surface area contributed by atoms with Crippen LogP contribution < -0.4 is 5.73 Å². The topological polar surface area (TPSA) is 29.3 Å². The van der Waals surface area contributed by atoms with Crippen LogP contribution in [-0.2, 0) is 6.42 Å². The van der Waals surface area contributed by atoms with Gasteiger partial charge >= 0.3 is 0 Å². The van der Waals surface area contributed by atoms with E-state index in [1.807, 2.05) is 11.3 Å². The van der Waals surface area contributed by atoms with Crippen molar-refractivity contribution in [1.82, 2.24) is 4.90 Å². The quantitative estimate of drug-likeness (QED) is 0.873. The molecule has 1 aromatic heterocycles. The first-order chi connectivity index (χ1) is 8.25. The van der Waals surface area contributed by atoms with E-state index in [1.165, 1.54) is 43.5 Å². The molecule has 96 valence electrons. The molecule has 2 unspecified atom stereocenters. The molecule has 2 atom stereocenters. The molecule has 1 fully saturated rings. The molecule has 1 aromatic rings. The van der Waals surface area contributed by atoms with Crippen LogP contribution in [0.2, 0.25) is 0 Å². The molecule has 1 heterocycles. The van der Waals surface area contributed by atoms with Gasteiger partial charge in [0.15, 0.2) is 0 Å². The third-order valence-corrected chi connectivity index (χ3v) is 4.77. The summed E-state index contributed by atoms with van der Waals surface area (Å²) in [7, 11) is 2.23. The number of hydrogen-bond donors (Lipinski definition) is 1. The number of thiophene rings is 1. The molecule has 0 saturated heterocycles. The minimum absolute atomic E-state index is 0.438. The predicted molar refractivity (Wildman–Crippen MR) is 75.5 cm³/mol. The molecular formula is C14H24N2S. The molecule has 0 spiro atoms. The fraction of sp³-hybridized carbons (Fsp3) is 0.714. The third-order valence-electron chi connectivity index (χ3n) is 3.83. The number of nitrogens with zero attached hydrogens (tertiary/aromatic N) is 1. The predicted octanol–water partition coefficient (Wildman–Crippen LogP) is 2.74. The van der Waals surface area contributed by atoms with Crippen LogP contribution in [0.5, 0.6) is 0 Å². The van der Waals surface area contributed by atoms with Gasteiger partial charge in [-0.15, -0.1) is 11.3 Å². The first-order valence-corrected chi connectivity index (χ1v) is 7.60. The highest BCUT2D eigenvalue weighted by Crippen LogP contribution is 2.23. The van der Waals surface area contributed by atoms with Gasteiger partial charge in [0.2, 0.25) is 0 Å². The summed E-state index contributed by atoms with van der Waals surface area (Å²) < 4.78 is 0. The summed E-state index contributed by atoms with van der Waals surface area (Å²) in [5, 5.41) is 2.16. The Morgan fingerprint density at radius 2 is 2.24 bits per heavy atom. The Morgan fingerprint density at radius 3 is 2.94 bits per heavy atom. The van der Waals surface area contributed by atoms with Crippen LogP contribution in [0.3, 0.4) is 0 Å². The fourth-order valence-electron chi connectivity index (χ4n) is 2.71. The molecule has 1 aliphatic carbocycles. The van der Waals surface area contributed by atoms with Gasteiger partial charge in [-0.1, -0.05) is 18.9 Å². The van der Waals surface area contributed by atoms with E-state index in [0.717, 1.165) is 12.5 Å². The zero-order chi connectivity index (χ0) is 12.1. The summed E-state index contributed by atoms with van der Waals surface area (Å²) in [4.78, 5) is 3.94. The standard InChI is InChI=1S/C14H24N2S/c1-16(9-8-13-6-4-10-17-13)11-12-5-2-3-7-14(12)15/h4,6,10,12,14H,2-3,5,7-9,11,15H2,1H3. The summed E-state index contributed by atoms with van der Waals surface area (Å²) in [5.74, 6) is 0.720. The average Bonchev–Trinajstić information content (AvgIpc) is 2.82. The molecule has 0 radical (unpaired) electrons. The van der Waals surface area contributed by atoms with E-state index < -0.39 is 0 Å². The number of rotatable bonds is 5. The van der Waals surface area contributed by atoms with Gasteiger partial charge in [0.1, 0.15) is 0 Å². The maximum atomic E-state index is 6.19. The summed E-state index contributed by atoms with van der Waals surface area (Å²) in [6.45, 7) is 2.33. The van der Waals surface area contributed by atoms with Crippen molar-refractivity contribution in [2.45, 2.75) is 38.1 Å². The van der Waals surface area contributed by atoms with Crippen molar-refractivity contribution in [2.75, 3.05) is 20.1 Å². The molecule has 2 N–H and O–H groups in total. The Labute approximate surface area is 109 Å². The van der Waals surface area contributed by atoms with Crippen molar-refractivity contribution in [1.29, 1.82) is 0 Å². The molecule has 1 aliphatic rings. The Hall–Kier alpha value is -0.380. The van der Waals surface area contributed by atoms with Crippen LogP contribution in [0.15, 0.2) is 17.5 Å². The third kappa shape index (κ3) is 4.09. The van der Waals surface area contributed by atoms with E-state index in [1.54, 1.807) is 0 Å². The van der Waals surface area contributed by atoms with E-state index >= 15 is 0 Å². The summed E-state index contributed by atoms with van der Waals surface area (Å²) in [6.07, 6.45) is 6.43. The van der Waals surface area contributed by atoms with Crippen LogP contribution in [0.25, 0.3) is 0 Å². The van der Waals surface area contributed by atoms with Crippen molar-refractivity contribution in [2.24, 2.45) is 11.7 Å². The maximum absolute atomic E-state index is 6.19. The van der Waals surface area contributed by atoms with Crippen LogP contribution >= 0.6 is 11.3 Å². The zero-order valence-corrected chi connectivity index (χ0v) is 11.6. The van der Waals surface area contributed by atoms with Crippen LogP contribution in [0, 0.1) is 5.92 Å². The molecule has 2 nitrogen and oxygen atoms in total. The highest BCUT2D eigenvalue weighted by molar-refractivity contribution is 7.09. The molecule has 0 amide bonds. The van der Waals surface area contributed by atoms with Crippen molar-refractivity contribution in [3.05, 3.63) is 22.4 Å². The van der Waals surface area contributed by atoms with Gasteiger partial charge < -0.3 is 10.6 Å². The van der Waals surface area contributed by atoms with E-state index in [2.05, 4.69) is 29.5 Å². The first kappa shape index (κ1) is 13.1. The molecule has 17 heavy (non-hydrogen) atoms. The molecule has 3 heteroatoms. The van der Waals surface area contributed by atoms with E-state index in [0.29, 0.717) is 6.04 Å². The van der Waals surface area contributed by atoms with Gasteiger partial charge in [-0.05, 0) is 43.7 Å². The first-order valence-electron chi connectivity index (χ1n) is 6.72. The largest absolute Gasteiger partial charge is 0.327 e. The Morgan fingerprint density at radius 1 is 1.41 bits per heavy atom. The zero-order valence-electron chi connectivity index (χ0n) is 10.8. The average molecular weight is 252 g/mol. The van der Waals surface area contributed by atoms with Crippen molar-refractivity contribution >= 4 is 11.3 Å². The lowest BCUT2D eigenvalue weighted by molar-refractivity contribution is 0.213. The summed E-state index contributed by atoms with van der Waals surface area (Å²) in [5.41, 5.74) is 6.19. The highest BCUT2D eigenvalue weighted by Gasteiger charge is 2.22. The Kier molecular flexibility index (Phi) is 5.01. The Balaban J connectivity index is 1.71. The summed E-state index contributed by atoms with van der Waals surface area (Å²) in [6, 6.07) is 4.80. The lowest BCUT2D eigenvalue weighted by Crippen LogP contribution is -2.40. The normalized spacial score (nSPS) is 25.4. The van der Waals surface area contributed by atoms with E-state index in [9.17, 15) is 0 Å². The fourth-order valence-corrected chi connectivity index (χ4v) is 3.41. The van der Waals surface area contributed by atoms with Gasteiger partial charge in [0.25, 0.3) is 0 Å². The van der Waals surface area contributed by atoms with Crippen molar-refractivity contribution in [3.8, 4) is 0 Å². The van der Waals surface area contributed by atoms with Gasteiger partial charge in [-0.3, -0.25) is 0 Å². The number of likely N-dealkylation sites (N-methyl/N-ethyl adjacent to an activating group) is 1. The second-order valence-electron chi connectivity index (χ2n) is 5.30. The molecular weight excluding hydrogens is 228 g/mol. The van der Waals surface area contributed by atoms with Gasteiger partial charge in [0.05, 0.1) is 0 Å². The Bertz CT molecular complexity index is 310. The van der Waals surface area contributed by atoms with E-state index in [-0.39, 0.29) is 0 Å². The molecule has 2 rings (SSSR count). The van der Waals surface area contributed by atoms with Crippen molar-refractivity contribution in [3.63, 3.8) is 0 Å². The SMILES string of the molecule is CN(CCc1cccs1)CC1CCCCC1N. The molecule has 0 aliphatic heterocycles. The van der Waals surface area contributed by atoms with Crippen LogP contribution in [0.1, 0.15) is 30.6 Å². The lowest BCUT2D eigenvalue weighted by Gasteiger charge is -2.32. The highest BCUT2D eigenvalue weighted by atomic mass is 32.1. The molecule has 0 aromatic carbocycles. The summed E-state index contributed by atoms with van der Waals surface area (Å²) >= 11 is 1.86. The van der Waals surface area contributed by atoms with Crippen LogP contribution in [0.4, 0.5) is 0 Å². The number of nitrogens with two attached hydrogens (primary N) is 1. The van der Waals surface area contributed by atoms with Gasteiger partial charge in [-0.2, -0.15) is 0 Å². The van der Waals surface area contributed by atoms with E-state index in [4.69, 9.17) is 5.73 Å². The minimum Gasteiger partial charge on any atom is -0.327 e. The lowest BCUT2D eigenvalue weighted by atomic mass is 9.85. The van der Waals surface area contributed by atoms with Crippen molar-refractivity contribution < 1.29 is 0 Å². The second-order valence-corrected chi connectivity index (χ2v) is 6.33. The molecule has 1 saturated carbocycles. The smallest absolute Gasteiger partial charge is 0.00793 e. The second kappa shape index (κ2) is 6.53.